The summed E-state index contributed by atoms with van der Waals surface area (Å²) in [6.45, 7) is 3.28. The first-order chi connectivity index (χ1) is 21.1. The molecule has 3 aromatic rings. The molecule has 1 saturated carbocycles. The number of amides is 1. The minimum Gasteiger partial charge on any atom is -0.378 e. The van der Waals surface area contributed by atoms with E-state index in [1.54, 1.807) is 18.2 Å². The van der Waals surface area contributed by atoms with Gasteiger partial charge in [-0.3, -0.25) is 9.59 Å². The van der Waals surface area contributed by atoms with Crippen LogP contribution >= 0.6 is 0 Å². The van der Waals surface area contributed by atoms with Crippen LogP contribution in [0, 0.1) is 0 Å². The summed E-state index contributed by atoms with van der Waals surface area (Å²) in [6, 6.07) is 15.0. The maximum absolute atomic E-state index is 12.7. The van der Waals surface area contributed by atoms with Crippen molar-refractivity contribution in [3.8, 4) is 0 Å². The van der Waals surface area contributed by atoms with E-state index in [4.69, 9.17) is 15.2 Å². The molecular formula is C31H42N8O4. The van der Waals surface area contributed by atoms with E-state index in [1.807, 2.05) is 30.3 Å². The number of nitrogens with zero attached hydrogens (tertiary/aromatic N) is 3. The summed E-state index contributed by atoms with van der Waals surface area (Å²) in [4.78, 5) is 37.5. The first-order valence-electron chi connectivity index (χ1n) is 14.9. The number of aromatic nitrogens is 3. The standard InChI is InChI=1S/C31H42N8O4/c32-14-17-42-19-20-43-18-16-33-28(41)25-5-4-8-27(21-25)36-31-38-29(34-15-13-23-9-11-24(22-40)12-10-23)37-30(39-31)35-26-6-2-1-3-7-26/h4-5,8-12,21-22,26H,1-3,6-7,13-20,32H2,(H,33,41)(H3,34,35,36,37,38,39). The van der Waals surface area contributed by atoms with Crippen LogP contribution in [0.15, 0.2) is 48.5 Å². The molecule has 0 atom stereocenters. The van der Waals surface area contributed by atoms with Crippen molar-refractivity contribution in [2.45, 2.75) is 44.6 Å². The largest absolute Gasteiger partial charge is 0.378 e. The number of aldehydes is 1. The highest BCUT2D eigenvalue weighted by molar-refractivity contribution is 5.95. The third kappa shape index (κ3) is 11.2. The van der Waals surface area contributed by atoms with Crippen molar-refractivity contribution in [2.24, 2.45) is 5.73 Å². The van der Waals surface area contributed by atoms with E-state index < -0.39 is 0 Å². The zero-order chi connectivity index (χ0) is 30.1. The molecule has 0 bridgehead atoms. The van der Waals surface area contributed by atoms with Gasteiger partial charge in [-0.25, -0.2) is 0 Å². The summed E-state index contributed by atoms with van der Waals surface area (Å²) in [5.74, 6) is 1.12. The van der Waals surface area contributed by atoms with Crippen molar-refractivity contribution in [3.63, 3.8) is 0 Å². The third-order valence-electron chi connectivity index (χ3n) is 6.93. The van der Waals surface area contributed by atoms with Gasteiger partial charge < -0.3 is 36.5 Å². The fraction of sp³-hybridized carbons (Fsp3) is 0.452. The number of hydrogen-bond acceptors (Lipinski definition) is 11. The smallest absolute Gasteiger partial charge is 0.251 e. The van der Waals surface area contributed by atoms with Crippen LogP contribution in [0.2, 0.25) is 0 Å². The average molecular weight is 591 g/mol. The van der Waals surface area contributed by atoms with Gasteiger partial charge in [-0.05, 0) is 43.0 Å². The van der Waals surface area contributed by atoms with Crippen LogP contribution in [0.5, 0.6) is 0 Å². The third-order valence-corrected chi connectivity index (χ3v) is 6.93. The molecule has 12 heteroatoms. The van der Waals surface area contributed by atoms with E-state index in [1.165, 1.54) is 19.3 Å². The molecule has 1 aromatic heterocycles. The summed E-state index contributed by atoms with van der Waals surface area (Å²) in [6.07, 6.45) is 7.37. The second-order valence-electron chi connectivity index (χ2n) is 10.3. The number of rotatable bonds is 18. The molecule has 1 heterocycles. The first-order valence-corrected chi connectivity index (χ1v) is 14.9. The number of hydrogen-bond donors (Lipinski definition) is 5. The van der Waals surface area contributed by atoms with Crippen molar-refractivity contribution >= 4 is 35.7 Å². The van der Waals surface area contributed by atoms with E-state index in [2.05, 4.69) is 36.2 Å². The molecule has 230 valence electrons. The molecule has 2 aromatic carbocycles. The van der Waals surface area contributed by atoms with Crippen molar-refractivity contribution in [1.29, 1.82) is 0 Å². The lowest BCUT2D eigenvalue weighted by Gasteiger charge is -2.23. The summed E-state index contributed by atoms with van der Waals surface area (Å²) >= 11 is 0. The number of anilines is 4. The van der Waals surface area contributed by atoms with Gasteiger partial charge in [0.15, 0.2) is 0 Å². The Morgan fingerprint density at radius 1 is 0.884 bits per heavy atom. The highest BCUT2D eigenvalue weighted by Crippen LogP contribution is 2.22. The van der Waals surface area contributed by atoms with Crippen LogP contribution in [-0.4, -0.2) is 79.2 Å². The Bertz CT molecular complexity index is 1290. The summed E-state index contributed by atoms with van der Waals surface area (Å²) in [7, 11) is 0. The summed E-state index contributed by atoms with van der Waals surface area (Å²) in [5.41, 5.74) is 8.32. The number of nitrogens with one attached hydrogen (secondary N) is 4. The molecule has 0 spiro atoms. The monoisotopic (exact) mass is 590 g/mol. The number of carbonyl (C=O) groups is 2. The van der Waals surface area contributed by atoms with Crippen LogP contribution in [0.3, 0.4) is 0 Å². The van der Waals surface area contributed by atoms with Crippen LogP contribution < -0.4 is 27.0 Å². The Labute approximate surface area is 252 Å². The molecule has 1 aliphatic rings. The number of ether oxygens (including phenoxy) is 2. The highest BCUT2D eigenvalue weighted by atomic mass is 16.5. The molecule has 0 radical (unpaired) electrons. The molecule has 6 N–H and O–H groups in total. The quantitative estimate of drug-likeness (QED) is 0.109. The molecule has 1 amide bonds. The normalized spacial score (nSPS) is 13.3. The molecule has 0 unspecified atom stereocenters. The van der Waals surface area contributed by atoms with E-state index >= 15 is 0 Å². The van der Waals surface area contributed by atoms with E-state index in [9.17, 15) is 9.59 Å². The minimum absolute atomic E-state index is 0.203. The Morgan fingerprint density at radius 3 is 2.40 bits per heavy atom. The van der Waals surface area contributed by atoms with Gasteiger partial charge in [-0.15, -0.1) is 0 Å². The second kappa shape index (κ2) is 17.7. The number of benzene rings is 2. The maximum atomic E-state index is 12.7. The molecule has 43 heavy (non-hydrogen) atoms. The highest BCUT2D eigenvalue weighted by Gasteiger charge is 2.16. The van der Waals surface area contributed by atoms with Gasteiger partial charge in [0, 0.05) is 42.5 Å². The van der Waals surface area contributed by atoms with E-state index in [-0.39, 0.29) is 5.91 Å². The summed E-state index contributed by atoms with van der Waals surface area (Å²) < 4.78 is 10.7. The Kier molecular flexibility index (Phi) is 13.1. The summed E-state index contributed by atoms with van der Waals surface area (Å²) in [5, 5.41) is 12.9. The minimum atomic E-state index is -0.203. The maximum Gasteiger partial charge on any atom is 0.251 e. The second-order valence-corrected chi connectivity index (χ2v) is 10.3. The van der Waals surface area contributed by atoms with Gasteiger partial charge in [-0.1, -0.05) is 49.6 Å². The van der Waals surface area contributed by atoms with Crippen LogP contribution in [-0.2, 0) is 15.9 Å². The van der Waals surface area contributed by atoms with Gasteiger partial charge in [0.05, 0.1) is 26.4 Å². The van der Waals surface area contributed by atoms with Crippen molar-refractivity contribution < 1.29 is 19.1 Å². The Balaban J connectivity index is 1.36. The van der Waals surface area contributed by atoms with E-state index in [0.29, 0.717) is 86.8 Å². The number of nitrogens with two attached hydrogens (primary N) is 1. The fourth-order valence-electron chi connectivity index (χ4n) is 4.70. The predicted molar refractivity (Wildman–Crippen MR) is 167 cm³/mol. The molecule has 1 fully saturated rings. The molecule has 0 saturated heterocycles. The van der Waals surface area contributed by atoms with Crippen LogP contribution in [0.4, 0.5) is 23.5 Å². The molecule has 12 nitrogen and oxygen atoms in total. The lowest BCUT2D eigenvalue weighted by molar-refractivity contribution is 0.0511. The van der Waals surface area contributed by atoms with Crippen molar-refractivity contribution in [1.82, 2.24) is 20.3 Å². The van der Waals surface area contributed by atoms with Crippen LogP contribution in [0.1, 0.15) is 58.4 Å². The molecule has 4 rings (SSSR count). The predicted octanol–water partition coefficient (Wildman–Crippen LogP) is 3.55. The molecule has 1 aliphatic carbocycles. The van der Waals surface area contributed by atoms with Gasteiger partial charge >= 0.3 is 0 Å². The first kappa shape index (κ1) is 31.8. The SMILES string of the molecule is NCCOCCOCCNC(=O)c1cccc(Nc2nc(NCCc3ccc(C=O)cc3)nc(NC3CCCCC3)n2)c1. The van der Waals surface area contributed by atoms with Crippen LogP contribution in [0.25, 0.3) is 0 Å². The topological polar surface area (TPSA) is 165 Å². The van der Waals surface area contributed by atoms with Gasteiger partial charge in [0.2, 0.25) is 17.8 Å². The molecule has 0 aliphatic heterocycles. The average Bonchev–Trinajstić information content (AvgIpc) is 3.03. The zero-order valence-corrected chi connectivity index (χ0v) is 24.5. The zero-order valence-electron chi connectivity index (χ0n) is 24.5. The lowest BCUT2D eigenvalue weighted by Crippen LogP contribution is -2.27. The van der Waals surface area contributed by atoms with Gasteiger partial charge in [0.1, 0.15) is 6.29 Å². The van der Waals surface area contributed by atoms with Gasteiger partial charge in [0.25, 0.3) is 5.91 Å². The van der Waals surface area contributed by atoms with Crippen molar-refractivity contribution in [3.05, 3.63) is 65.2 Å². The number of carbonyl (C=O) groups excluding carboxylic acids is 2. The van der Waals surface area contributed by atoms with Gasteiger partial charge in [-0.2, -0.15) is 15.0 Å². The van der Waals surface area contributed by atoms with Crippen molar-refractivity contribution in [2.75, 3.05) is 62.0 Å². The fourth-order valence-corrected chi connectivity index (χ4v) is 4.70. The Hall–Kier alpha value is -4.13. The lowest BCUT2D eigenvalue weighted by atomic mass is 9.96. The molecular weight excluding hydrogens is 548 g/mol. The Morgan fingerprint density at radius 2 is 1.63 bits per heavy atom. The van der Waals surface area contributed by atoms with E-state index in [0.717, 1.165) is 31.1 Å².